The monoisotopic (exact) mass is 356 g/mol. The molecular formula is C20H24N2O4. The van der Waals surface area contributed by atoms with Crippen LogP contribution in [0, 0.1) is 0 Å². The van der Waals surface area contributed by atoms with Gasteiger partial charge in [-0.1, -0.05) is 18.2 Å². The van der Waals surface area contributed by atoms with E-state index in [-0.39, 0.29) is 24.7 Å². The number of hydrogen-bond acceptors (Lipinski definition) is 5. The summed E-state index contributed by atoms with van der Waals surface area (Å²) in [7, 11) is 1.59. The lowest BCUT2D eigenvalue weighted by Gasteiger charge is -2.22. The van der Waals surface area contributed by atoms with E-state index in [1.54, 1.807) is 31.3 Å². The van der Waals surface area contributed by atoms with Crippen LogP contribution in [0.5, 0.6) is 5.75 Å². The number of carbonyl (C=O) groups is 2. The summed E-state index contributed by atoms with van der Waals surface area (Å²) in [5, 5.41) is 0. The molecule has 0 saturated heterocycles. The van der Waals surface area contributed by atoms with Gasteiger partial charge in [-0.05, 0) is 36.2 Å². The molecule has 0 aliphatic heterocycles. The number of benzene rings is 1. The number of hydrogen-bond donors (Lipinski definition) is 0. The second-order valence-corrected chi connectivity index (χ2v) is 5.76. The zero-order chi connectivity index (χ0) is 18.8. The number of ether oxygens (including phenoxy) is 2. The van der Waals surface area contributed by atoms with Crippen LogP contribution >= 0.6 is 0 Å². The van der Waals surface area contributed by atoms with E-state index >= 15 is 0 Å². The van der Waals surface area contributed by atoms with Crippen LogP contribution in [0.15, 0.2) is 48.8 Å². The van der Waals surface area contributed by atoms with Crippen molar-refractivity contribution in [1.29, 1.82) is 0 Å². The smallest absolute Gasteiger partial charge is 0.307 e. The molecule has 0 atom stereocenters. The zero-order valence-electron chi connectivity index (χ0n) is 15.2. The molecule has 0 bridgehead atoms. The Balaban J connectivity index is 2.07. The van der Waals surface area contributed by atoms with Crippen LogP contribution in [0.25, 0.3) is 0 Å². The van der Waals surface area contributed by atoms with Crippen LogP contribution < -0.4 is 4.74 Å². The Morgan fingerprint density at radius 1 is 1.15 bits per heavy atom. The van der Waals surface area contributed by atoms with Gasteiger partial charge < -0.3 is 14.4 Å². The van der Waals surface area contributed by atoms with Gasteiger partial charge in [0.2, 0.25) is 5.91 Å². The fourth-order valence-electron chi connectivity index (χ4n) is 2.53. The molecule has 1 aromatic heterocycles. The normalized spacial score (nSPS) is 10.2. The number of amides is 1. The number of carbonyl (C=O) groups excluding carboxylic acids is 2. The molecule has 1 aromatic carbocycles. The summed E-state index contributed by atoms with van der Waals surface area (Å²) in [6.45, 7) is 2.80. The molecule has 2 rings (SSSR count). The molecule has 0 fully saturated rings. The van der Waals surface area contributed by atoms with Crippen molar-refractivity contribution in [1.82, 2.24) is 9.88 Å². The molecule has 138 valence electrons. The lowest BCUT2D eigenvalue weighted by molar-refractivity contribution is -0.144. The third-order valence-corrected chi connectivity index (χ3v) is 3.83. The molecule has 0 aliphatic carbocycles. The minimum absolute atomic E-state index is 0.0635. The zero-order valence-corrected chi connectivity index (χ0v) is 15.2. The van der Waals surface area contributed by atoms with Crippen LogP contribution in [-0.2, 0) is 27.3 Å². The molecule has 1 heterocycles. The maximum atomic E-state index is 12.8. The van der Waals surface area contributed by atoms with Gasteiger partial charge in [0.25, 0.3) is 0 Å². The van der Waals surface area contributed by atoms with Crippen LogP contribution in [0.2, 0.25) is 0 Å². The van der Waals surface area contributed by atoms with Crippen LogP contribution in [0.3, 0.4) is 0 Å². The molecule has 6 nitrogen and oxygen atoms in total. The first-order chi connectivity index (χ1) is 12.6. The summed E-state index contributed by atoms with van der Waals surface area (Å²) in [6.07, 6.45) is 3.80. The molecule has 1 amide bonds. The van der Waals surface area contributed by atoms with E-state index in [4.69, 9.17) is 9.47 Å². The summed E-state index contributed by atoms with van der Waals surface area (Å²) < 4.78 is 10.2. The highest BCUT2D eigenvalue weighted by Gasteiger charge is 2.17. The van der Waals surface area contributed by atoms with Gasteiger partial charge in [-0.15, -0.1) is 0 Å². The van der Waals surface area contributed by atoms with Crippen molar-refractivity contribution < 1.29 is 19.1 Å². The first-order valence-electron chi connectivity index (χ1n) is 8.57. The maximum absolute atomic E-state index is 12.8. The van der Waals surface area contributed by atoms with Gasteiger partial charge >= 0.3 is 5.97 Å². The topological polar surface area (TPSA) is 68.7 Å². The van der Waals surface area contributed by atoms with Crippen molar-refractivity contribution in [3.63, 3.8) is 0 Å². The number of esters is 1. The van der Waals surface area contributed by atoms with Gasteiger partial charge in [-0.2, -0.15) is 0 Å². The van der Waals surface area contributed by atoms with Gasteiger partial charge in [0.1, 0.15) is 5.75 Å². The SMILES string of the molecule is CCOC(=O)CCN(Cc1cccnc1)C(=O)Cc1cccc(OC)c1. The fraction of sp³-hybridized carbons (Fsp3) is 0.350. The summed E-state index contributed by atoms with van der Waals surface area (Å²) in [4.78, 5) is 30.2. The first kappa shape index (κ1) is 19.4. The Hall–Kier alpha value is -2.89. The molecule has 0 aliphatic rings. The largest absolute Gasteiger partial charge is 0.497 e. The average Bonchev–Trinajstić information content (AvgIpc) is 2.66. The Morgan fingerprint density at radius 3 is 2.65 bits per heavy atom. The lowest BCUT2D eigenvalue weighted by Crippen LogP contribution is -2.34. The second kappa shape index (κ2) is 10.2. The Morgan fingerprint density at radius 2 is 1.96 bits per heavy atom. The van der Waals surface area contributed by atoms with Crippen LogP contribution in [0.4, 0.5) is 0 Å². The van der Waals surface area contributed by atoms with E-state index in [1.165, 1.54) is 0 Å². The van der Waals surface area contributed by atoms with E-state index in [0.717, 1.165) is 11.1 Å². The molecule has 26 heavy (non-hydrogen) atoms. The number of nitrogens with zero attached hydrogens (tertiary/aromatic N) is 2. The highest BCUT2D eigenvalue weighted by molar-refractivity contribution is 5.79. The molecule has 2 aromatic rings. The first-order valence-corrected chi connectivity index (χ1v) is 8.57. The van der Waals surface area contributed by atoms with Crippen LogP contribution in [0.1, 0.15) is 24.5 Å². The highest BCUT2D eigenvalue weighted by atomic mass is 16.5. The average molecular weight is 356 g/mol. The van der Waals surface area contributed by atoms with E-state index in [9.17, 15) is 9.59 Å². The Kier molecular flexibility index (Phi) is 7.61. The summed E-state index contributed by atoms with van der Waals surface area (Å²) in [5.41, 5.74) is 1.78. The molecule has 0 N–H and O–H groups in total. The molecule has 0 saturated carbocycles. The second-order valence-electron chi connectivity index (χ2n) is 5.76. The van der Waals surface area contributed by atoms with Crippen molar-refractivity contribution in [2.24, 2.45) is 0 Å². The van der Waals surface area contributed by atoms with Crippen molar-refractivity contribution in [3.05, 3.63) is 59.9 Å². The minimum atomic E-state index is -0.308. The van der Waals surface area contributed by atoms with Crippen molar-refractivity contribution >= 4 is 11.9 Å². The molecule has 0 spiro atoms. The van der Waals surface area contributed by atoms with Crippen molar-refractivity contribution in [2.45, 2.75) is 26.3 Å². The number of pyridine rings is 1. The van der Waals surface area contributed by atoms with Gasteiger partial charge in [-0.25, -0.2) is 0 Å². The Bertz CT molecular complexity index is 719. The van der Waals surface area contributed by atoms with Crippen molar-refractivity contribution in [2.75, 3.05) is 20.3 Å². The molecule has 0 radical (unpaired) electrons. The van der Waals surface area contributed by atoms with Gasteiger partial charge in [0.15, 0.2) is 0 Å². The maximum Gasteiger partial charge on any atom is 0.307 e. The molecular weight excluding hydrogens is 332 g/mol. The van der Waals surface area contributed by atoms with Crippen molar-refractivity contribution in [3.8, 4) is 5.75 Å². The number of aromatic nitrogens is 1. The van der Waals surface area contributed by atoms with Gasteiger partial charge in [0, 0.05) is 25.5 Å². The van der Waals surface area contributed by atoms with Gasteiger partial charge in [0.05, 0.1) is 26.6 Å². The summed E-state index contributed by atoms with van der Waals surface area (Å²) in [5.74, 6) is 0.338. The third kappa shape index (κ3) is 6.20. The van der Waals surface area contributed by atoms with E-state index in [0.29, 0.717) is 25.4 Å². The lowest BCUT2D eigenvalue weighted by atomic mass is 10.1. The third-order valence-electron chi connectivity index (χ3n) is 3.83. The predicted octanol–water partition coefficient (Wildman–Crippen LogP) is 2.61. The minimum Gasteiger partial charge on any atom is -0.497 e. The van der Waals surface area contributed by atoms with E-state index < -0.39 is 0 Å². The summed E-state index contributed by atoms with van der Waals surface area (Å²) in [6, 6.07) is 11.1. The van der Waals surface area contributed by atoms with E-state index in [2.05, 4.69) is 4.98 Å². The van der Waals surface area contributed by atoms with E-state index in [1.807, 2.05) is 36.4 Å². The Labute approximate surface area is 153 Å². The predicted molar refractivity (Wildman–Crippen MR) is 97.6 cm³/mol. The summed E-state index contributed by atoms with van der Waals surface area (Å²) >= 11 is 0. The highest BCUT2D eigenvalue weighted by Crippen LogP contribution is 2.15. The van der Waals surface area contributed by atoms with Crippen LogP contribution in [-0.4, -0.2) is 42.0 Å². The molecule has 0 unspecified atom stereocenters. The standard InChI is InChI=1S/C20H24N2O4/c1-3-26-20(24)9-11-22(15-17-7-5-10-21-14-17)19(23)13-16-6-4-8-18(12-16)25-2/h4-8,10,12,14H,3,9,11,13,15H2,1-2H3. The molecule has 6 heteroatoms. The number of rotatable bonds is 9. The fourth-order valence-corrected chi connectivity index (χ4v) is 2.53. The van der Waals surface area contributed by atoms with Gasteiger partial charge in [-0.3, -0.25) is 14.6 Å². The number of methoxy groups -OCH3 is 1. The quantitative estimate of drug-likeness (QED) is 0.646.